The van der Waals surface area contributed by atoms with Gasteiger partial charge in [-0.2, -0.15) is 0 Å². The molecule has 1 aromatic heterocycles. The van der Waals surface area contributed by atoms with Crippen molar-refractivity contribution in [1.29, 1.82) is 0 Å². The summed E-state index contributed by atoms with van der Waals surface area (Å²) in [7, 11) is 0. The molecule has 0 radical (unpaired) electrons. The van der Waals surface area contributed by atoms with Gasteiger partial charge in [-0.1, -0.05) is 48.5 Å². The fourth-order valence-corrected chi connectivity index (χ4v) is 4.07. The van der Waals surface area contributed by atoms with Crippen molar-refractivity contribution in [3.63, 3.8) is 0 Å². The molecular formula is C26H26N4O5. The van der Waals surface area contributed by atoms with E-state index in [1.807, 2.05) is 24.3 Å². The SMILES string of the molecule is O=C(CCCCNC(=O)OCC1c2ccccc2-c2ccccc21)NCc1ncc(C(=O)O)cn1. The number of ether oxygens (including phenoxy) is 1. The van der Waals surface area contributed by atoms with Gasteiger partial charge in [-0.15, -0.1) is 0 Å². The van der Waals surface area contributed by atoms with Crippen LogP contribution in [0.15, 0.2) is 60.9 Å². The highest BCUT2D eigenvalue weighted by Crippen LogP contribution is 2.44. The third kappa shape index (κ3) is 6.00. The highest BCUT2D eigenvalue weighted by atomic mass is 16.5. The Hall–Kier alpha value is -4.27. The second kappa shape index (κ2) is 11.2. The molecule has 180 valence electrons. The van der Waals surface area contributed by atoms with E-state index in [4.69, 9.17) is 9.84 Å². The lowest BCUT2D eigenvalue weighted by molar-refractivity contribution is -0.121. The van der Waals surface area contributed by atoms with Crippen LogP contribution in [0.1, 0.15) is 52.5 Å². The number of alkyl carbamates (subject to hydrolysis) is 1. The number of carboxylic acid groups (broad SMARTS) is 1. The van der Waals surface area contributed by atoms with E-state index in [9.17, 15) is 14.4 Å². The Balaban J connectivity index is 1.12. The molecule has 9 heteroatoms. The first-order valence-electron chi connectivity index (χ1n) is 11.4. The molecule has 1 aliphatic carbocycles. The quantitative estimate of drug-likeness (QED) is 0.383. The Morgan fingerprint density at radius 2 is 1.51 bits per heavy atom. The molecule has 1 heterocycles. The molecule has 0 aliphatic heterocycles. The van der Waals surface area contributed by atoms with Crippen LogP contribution in [0.4, 0.5) is 4.79 Å². The number of carbonyl (C=O) groups is 3. The van der Waals surface area contributed by atoms with Gasteiger partial charge < -0.3 is 20.5 Å². The second-order valence-corrected chi connectivity index (χ2v) is 8.18. The average molecular weight is 475 g/mol. The molecule has 0 unspecified atom stereocenters. The number of amides is 2. The number of nitrogens with zero attached hydrogens (tertiary/aromatic N) is 2. The zero-order valence-corrected chi connectivity index (χ0v) is 19.1. The number of hydrogen-bond donors (Lipinski definition) is 3. The minimum Gasteiger partial charge on any atom is -0.478 e. The molecule has 3 N–H and O–H groups in total. The number of carboxylic acids is 1. The first-order valence-corrected chi connectivity index (χ1v) is 11.4. The van der Waals surface area contributed by atoms with Crippen LogP contribution in [0.25, 0.3) is 11.1 Å². The summed E-state index contributed by atoms with van der Waals surface area (Å²) in [6.45, 7) is 0.790. The number of aromatic carboxylic acids is 1. The van der Waals surface area contributed by atoms with Gasteiger partial charge in [0.2, 0.25) is 5.91 Å². The maximum atomic E-state index is 12.2. The van der Waals surface area contributed by atoms with Crippen molar-refractivity contribution in [2.45, 2.75) is 31.7 Å². The number of benzene rings is 2. The Morgan fingerprint density at radius 1 is 0.886 bits per heavy atom. The average Bonchev–Trinajstić information content (AvgIpc) is 3.20. The summed E-state index contributed by atoms with van der Waals surface area (Å²) in [5.41, 5.74) is 4.67. The summed E-state index contributed by atoms with van der Waals surface area (Å²) in [6.07, 6.45) is 3.44. The van der Waals surface area contributed by atoms with Crippen molar-refractivity contribution >= 4 is 18.0 Å². The highest BCUT2D eigenvalue weighted by Gasteiger charge is 2.28. The molecule has 0 saturated carbocycles. The highest BCUT2D eigenvalue weighted by molar-refractivity contribution is 5.86. The molecule has 35 heavy (non-hydrogen) atoms. The zero-order valence-electron chi connectivity index (χ0n) is 19.1. The fraction of sp³-hybridized carbons (Fsp3) is 0.269. The van der Waals surface area contributed by atoms with Gasteiger partial charge in [-0.25, -0.2) is 19.6 Å². The van der Waals surface area contributed by atoms with Crippen LogP contribution in [-0.4, -0.2) is 46.2 Å². The Labute approximate surface area is 202 Å². The monoisotopic (exact) mass is 474 g/mol. The second-order valence-electron chi connectivity index (χ2n) is 8.18. The van der Waals surface area contributed by atoms with E-state index in [2.05, 4.69) is 44.9 Å². The van der Waals surface area contributed by atoms with E-state index >= 15 is 0 Å². The van der Waals surface area contributed by atoms with Crippen LogP contribution in [0, 0.1) is 0 Å². The lowest BCUT2D eigenvalue weighted by Crippen LogP contribution is -2.27. The first-order chi connectivity index (χ1) is 17.0. The van der Waals surface area contributed by atoms with E-state index in [0.29, 0.717) is 31.6 Å². The predicted octanol–water partition coefficient (Wildman–Crippen LogP) is 3.50. The van der Waals surface area contributed by atoms with Gasteiger partial charge in [0.25, 0.3) is 0 Å². The van der Waals surface area contributed by atoms with Gasteiger partial charge in [0.15, 0.2) is 0 Å². The minimum absolute atomic E-state index is 0.0102. The van der Waals surface area contributed by atoms with Crippen molar-refractivity contribution in [3.05, 3.63) is 83.4 Å². The van der Waals surface area contributed by atoms with E-state index in [0.717, 1.165) is 11.1 Å². The smallest absolute Gasteiger partial charge is 0.407 e. The van der Waals surface area contributed by atoms with Crippen LogP contribution in [0.5, 0.6) is 0 Å². The number of carbonyl (C=O) groups excluding carboxylic acids is 2. The van der Waals surface area contributed by atoms with Crippen molar-refractivity contribution < 1.29 is 24.2 Å². The number of unbranched alkanes of at least 4 members (excludes halogenated alkanes) is 1. The van der Waals surface area contributed by atoms with Crippen LogP contribution in [-0.2, 0) is 16.1 Å². The maximum Gasteiger partial charge on any atom is 0.407 e. The summed E-state index contributed by atoms with van der Waals surface area (Å²) in [5.74, 6) is -0.925. The largest absolute Gasteiger partial charge is 0.478 e. The molecule has 0 saturated heterocycles. The Morgan fingerprint density at radius 3 is 2.14 bits per heavy atom. The van der Waals surface area contributed by atoms with Gasteiger partial charge in [-0.05, 0) is 35.1 Å². The number of nitrogens with one attached hydrogen (secondary N) is 2. The molecule has 0 bridgehead atoms. The summed E-state index contributed by atoms with van der Waals surface area (Å²) >= 11 is 0. The third-order valence-corrected chi connectivity index (χ3v) is 5.84. The maximum absolute atomic E-state index is 12.2. The Bertz CT molecular complexity index is 1170. The van der Waals surface area contributed by atoms with Gasteiger partial charge in [0, 0.05) is 31.3 Å². The van der Waals surface area contributed by atoms with E-state index in [1.165, 1.54) is 23.5 Å². The van der Waals surface area contributed by atoms with Gasteiger partial charge in [0.05, 0.1) is 12.1 Å². The summed E-state index contributed by atoms with van der Waals surface area (Å²) in [5, 5.41) is 14.3. The van der Waals surface area contributed by atoms with Crippen LogP contribution >= 0.6 is 0 Å². The standard InChI is InChI=1S/C26H26N4O5/c31-24(30-15-23-28-13-17(14-29-23)25(32)33)11-5-6-12-27-26(34)35-16-22-20-9-3-1-7-18(20)19-8-2-4-10-21(19)22/h1-4,7-10,13-14,22H,5-6,11-12,15-16H2,(H,27,34)(H,30,31)(H,32,33). The zero-order chi connectivity index (χ0) is 24.6. The third-order valence-electron chi connectivity index (χ3n) is 5.84. The van der Waals surface area contributed by atoms with Gasteiger partial charge >= 0.3 is 12.1 Å². The lowest BCUT2D eigenvalue weighted by Gasteiger charge is -2.14. The van der Waals surface area contributed by atoms with Crippen molar-refractivity contribution in [2.75, 3.05) is 13.2 Å². The lowest BCUT2D eigenvalue weighted by atomic mass is 9.98. The minimum atomic E-state index is -1.10. The summed E-state index contributed by atoms with van der Waals surface area (Å²) < 4.78 is 5.50. The van der Waals surface area contributed by atoms with Crippen LogP contribution < -0.4 is 10.6 Å². The number of aromatic nitrogens is 2. The van der Waals surface area contributed by atoms with Gasteiger partial charge in [0.1, 0.15) is 12.4 Å². The molecule has 4 rings (SSSR count). The number of hydrogen-bond acceptors (Lipinski definition) is 6. The van der Waals surface area contributed by atoms with Crippen LogP contribution in [0.2, 0.25) is 0 Å². The molecule has 0 fully saturated rings. The molecular weight excluding hydrogens is 448 g/mol. The molecule has 0 spiro atoms. The first kappa shape index (κ1) is 23.9. The van der Waals surface area contributed by atoms with E-state index in [1.54, 1.807) is 0 Å². The van der Waals surface area contributed by atoms with Crippen LogP contribution in [0.3, 0.4) is 0 Å². The van der Waals surface area contributed by atoms with Crippen molar-refractivity contribution in [2.24, 2.45) is 0 Å². The molecule has 2 amide bonds. The molecule has 0 atom stereocenters. The van der Waals surface area contributed by atoms with E-state index in [-0.39, 0.29) is 30.5 Å². The predicted molar refractivity (Wildman–Crippen MR) is 128 cm³/mol. The number of fused-ring (bicyclic) bond motifs is 3. The van der Waals surface area contributed by atoms with Gasteiger partial charge in [-0.3, -0.25) is 4.79 Å². The van der Waals surface area contributed by atoms with Crippen molar-refractivity contribution in [1.82, 2.24) is 20.6 Å². The molecule has 3 aromatic rings. The molecule has 2 aromatic carbocycles. The summed E-state index contributed by atoms with van der Waals surface area (Å²) in [6, 6.07) is 16.3. The summed E-state index contributed by atoms with van der Waals surface area (Å²) in [4.78, 5) is 42.8. The normalized spacial score (nSPS) is 11.9. The number of rotatable bonds is 10. The fourth-order valence-electron chi connectivity index (χ4n) is 4.07. The Kier molecular flexibility index (Phi) is 7.67. The molecule has 1 aliphatic rings. The topological polar surface area (TPSA) is 131 Å². The van der Waals surface area contributed by atoms with E-state index < -0.39 is 12.1 Å². The van der Waals surface area contributed by atoms with Crippen molar-refractivity contribution in [3.8, 4) is 11.1 Å². The molecule has 9 nitrogen and oxygen atoms in total.